The largest absolute Gasteiger partial charge is 0.507 e. The van der Waals surface area contributed by atoms with Gasteiger partial charge in [0.25, 0.3) is 5.69 Å². The standard InChI is InChI=1S/C14H13N3O3/c1-10-7-14(18)11(8-13(10)17(19)20)9-15-16-12-5-3-2-4-6-12/h2-9,16,18H,1H3. The van der Waals surface area contributed by atoms with E-state index in [2.05, 4.69) is 10.5 Å². The van der Waals surface area contributed by atoms with Gasteiger partial charge in [0.15, 0.2) is 0 Å². The Labute approximate surface area is 115 Å². The van der Waals surface area contributed by atoms with Crippen molar-refractivity contribution in [1.82, 2.24) is 0 Å². The first kappa shape index (κ1) is 13.5. The molecule has 6 nitrogen and oxygen atoms in total. The molecule has 0 aliphatic heterocycles. The van der Waals surface area contributed by atoms with Crippen LogP contribution in [0.4, 0.5) is 11.4 Å². The summed E-state index contributed by atoms with van der Waals surface area (Å²) in [7, 11) is 0. The molecule has 0 aliphatic carbocycles. The van der Waals surface area contributed by atoms with Crippen molar-refractivity contribution in [2.45, 2.75) is 6.92 Å². The molecule has 0 aromatic heterocycles. The highest BCUT2D eigenvalue weighted by Gasteiger charge is 2.13. The number of anilines is 1. The maximum atomic E-state index is 10.8. The van der Waals surface area contributed by atoms with Crippen LogP contribution in [0.1, 0.15) is 11.1 Å². The lowest BCUT2D eigenvalue weighted by Gasteiger charge is -2.03. The highest BCUT2D eigenvalue weighted by molar-refractivity contribution is 5.85. The van der Waals surface area contributed by atoms with E-state index in [1.807, 2.05) is 30.3 Å². The second-order valence-electron chi connectivity index (χ2n) is 4.19. The summed E-state index contributed by atoms with van der Waals surface area (Å²) < 4.78 is 0. The zero-order chi connectivity index (χ0) is 14.5. The normalized spacial score (nSPS) is 10.7. The molecule has 0 aliphatic rings. The Morgan fingerprint density at radius 2 is 2.00 bits per heavy atom. The predicted octanol–water partition coefficient (Wildman–Crippen LogP) is 3.05. The predicted molar refractivity (Wildman–Crippen MR) is 77.2 cm³/mol. The third-order valence-corrected chi connectivity index (χ3v) is 2.71. The Morgan fingerprint density at radius 3 is 2.65 bits per heavy atom. The van der Waals surface area contributed by atoms with Crippen LogP contribution in [0.5, 0.6) is 5.75 Å². The fraction of sp³-hybridized carbons (Fsp3) is 0.0714. The van der Waals surface area contributed by atoms with Gasteiger partial charge in [-0.2, -0.15) is 5.10 Å². The van der Waals surface area contributed by atoms with E-state index in [9.17, 15) is 15.2 Å². The van der Waals surface area contributed by atoms with Crippen molar-refractivity contribution in [3.63, 3.8) is 0 Å². The maximum absolute atomic E-state index is 10.8. The third-order valence-electron chi connectivity index (χ3n) is 2.71. The van der Waals surface area contributed by atoms with Gasteiger partial charge in [0.1, 0.15) is 5.75 Å². The van der Waals surface area contributed by atoms with Crippen molar-refractivity contribution in [1.29, 1.82) is 0 Å². The Morgan fingerprint density at radius 1 is 1.30 bits per heavy atom. The van der Waals surface area contributed by atoms with E-state index in [1.54, 1.807) is 6.92 Å². The van der Waals surface area contributed by atoms with Gasteiger partial charge in [0, 0.05) is 17.2 Å². The number of phenols is 1. The number of aryl methyl sites for hydroxylation is 1. The fourth-order valence-corrected chi connectivity index (χ4v) is 1.69. The molecule has 0 atom stereocenters. The van der Waals surface area contributed by atoms with Crippen molar-refractivity contribution < 1.29 is 10.0 Å². The summed E-state index contributed by atoms with van der Waals surface area (Å²) in [5, 5.41) is 24.5. The highest BCUT2D eigenvalue weighted by atomic mass is 16.6. The highest BCUT2D eigenvalue weighted by Crippen LogP contribution is 2.26. The number of hydrogen-bond acceptors (Lipinski definition) is 5. The number of nitro benzene ring substituents is 1. The summed E-state index contributed by atoms with van der Waals surface area (Å²) in [5.41, 5.74) is 4.19. The van der Waals surface area contributed by atoms with Crippen molar-refractivity contribution in [2.75, 3.05) is 5.43 Å². The number of para-hydroxylation sites is 1. The lowest BCUT2D eigenvalue weighted by molar-refractivity contribution is -0.385. The monoisotopic (exact) mass is 271 g/mol. The lowest BCUT2D eigenvalue weighted by Crippen LogP contribution is -1.95. The van der Waals surface area contributed by atoms with Crippen LogP contribution < -0.4 is 5.43 Å². The van der Waals surface area contributed by atoms with E-state index in [1.165, 1.54) is 18.3 Å². The molecular weight excluding hydrogens is 258 g/mol. The molecule has 2 aromatic carbocycles. The van der Waals surface area contributed by atoms with Crippen LogP contribution in [0, 0.1) is 17.0 Å². The molecule has 0 amide bonds. The number of rotatable bonds is 4. The summed E-state index contributed by atoms with van der Waals surface area (Å²) in [6.45, 7) is 1.57. The molecule has 2 N–H and O–H groups in total. The summed E-state index contributed by atoms with van der Waals surface area (Å²) >= 11 is 0. The van der Waals surface area contributed by atoms with Gasteiger partial charge >= 0.3 is 0 Å². The first-order chi connectivity index (χ1) is 9.58. The molecule has 102 valence electrons. The van der Waals surface area contributed by atoms with Gasteiger partial charge < -0.3 is 5.11 Å². The molecular formula is C14H13N3O3. The first-order valence-electron chi connectivity index (χ1n) is 5.90. The first-order valence-corrected chi connectivity index (χ1v) is 5.90. The average molecular weight is 271 g/mol. The molecule has 0 saturated carbocycles. The molecule has 2 rings (SSSR count). The van der Waals surface area contributed by atoms with Gasteiger partial charge in [0.2, 0.25) is 0 Å². The second kappa shape index (κ2) is 5.83. The molecule has 6 heteroatoms. The van der Waals surface area contributed by atoms with Gasteiger partial charge in [0.05, 0.1) is 16.8 Å². The van der Waals surface area contributed by atoms with Gasteiger partial charge in [-0.3, -0.25) is 15.5 Å². The number of hydrogen-bond donors (Lipinski definition) is 2. The van der Waals surface area contributed by atoms with Gasteiger partial charge in [-0.1, -0.05) is 18.2 Å². The zero-order valence-corrected chi connectivity index (χ0v) is 10.8. The zero-order valence-electron chi connectivity index (χ0n) is 10.8. The summed E-state index contributed by atoms with van der Waals surface area (Å²) in [4.78, 5) is 10.4. The van der Waals surface area contributed by atoms with E-state index in [0.717, 1.165) is 5.69 Å². The van der Waals surface area contributed by atoms with E-state index in [4.69, 9.17) is 0 Å². The minimum absolute atomic E-state index is 0.0493. The van der Waals surface area contributed by atoms with Crippen LogP contribution in [0.2, 0.25) is 0 Å². The second-order valence-corrected chi connectivity index (χ2v) is 4.19. The molecule has 20 heavy (non-hydrogen) atoms. The topological polar surface area (TPSA) is 87.8 Å². The third kappa shape index (κ3) is 3.11. The van der Waals surface area contributed by atoms with Crippen LogP contribution in [-0.2, 0) is 0 Å². The van der Waals surface area contributed by atoms with Crippen molar-refractivity contribution >= 4 is 17.6 Å². The summed E-state index contributed by atoms with van der Waals surface area (Å²) in [6, 6.07) is 11.9. The van der Waals surface area contributed by atoms with E-state index < -0.39 is 4.92 Å². The Balaban J connectivity index is 2.21. The summed E-state index contributed by atoms with van der Waals surface area (Å²) in [6.07, 6.45) is 1.34. The average Bonchev–Trinajstić information content (AvgIpc) is 2.42. The number of nitrogens with zero attached hydrogens (tertiary/aromatic N) is 2. The molecule has 0 spiro atoms. The van der Waals surface area contributed by atoms with Crippen LogP contribution >= 0.6 is 0 Å². The number of hydrazone groups is 1. The van der Waals surface area contributed by atoms with Crippen molar-refractivity contribution in [2.24, 2.45) is 5.10 Å². The van der Waals surface area contributed by atoms with E-state index >= 15 is 0 Å². The minimum Gasteiger partial charge on any atom is -0.507 e. The quantitative estimate of drug-likeness (QED) is 0.508. The molecule has 0 bridgehead atoms. The smallest absolute Gasteiger partial charge is 0.273 e. The van der Waals surface area contributed by atoms with Crippen LogP contribution in [-0.4, -0.2) is 16.2 Å². The van der Waals surface area contributed by atoms with E-state index in [-0.39, 0.29) is 17.0 Å². The van der Waals surface area contributed by atoms with Gasteiger partial charge in [-0.05, 0) is 25.1 Å². The Bertz CT molecular complexity index is 654. The Kier molecular flexibility index (Phi) is 3.95. The van der Waals surface area contributed by atoms with Gasteiger partial charge in [-0.15, -0.1) is 0 Å². The number of nitrogens with one attached hydrogen (secondary N) is 1. The van der Waals surface area contributed by atoms with Crippen molar-refractivity contribution in [3.05, 3.63) is 63.7 Å². The summed E-state index contributed by atoms with van der Waals surface area (Å²) in [5.74, 6) is -0.0493. The van der Waals surface area contributed by atoms with Gasteiger partial charge in [-0.25, -0.2) is 0 Å². The van der Waals surface area contributed by atoms with Crippen LogP contribution in [0.25, 0.3) is 0 Å². The molecule has 0 unspecified atom stereocenters. The van der Waals surface area contributed by atoms with Crippen LogP contribution in [0.15, 0.2) is 47.6 Å². The van der Waals surface area contributed by atoms with Crippen molar-refractivity contribution in [3.8, 4) is 5.75 Å². The number of phenolic OH excluding ortho intramolecular Hbond substituents is 1. The van der Waals surface area contributed by atoms with Crippen LogP contribution in [0.3, 0.4) is 0 Å². The minimum atomic E-state index is -0.489. The molecule has 2 aromatic rings. The fourth-order valence-electron chi connectivity index (χ4n) is 1.69. The van der Waals surface area contributed by atoms with E-state index in [0.29, 0.717) is 5.56 Å². The number of nitro groups is 1. The SMILES string of the molecule is Cc1cc(O)c(C=NNc2ccccc2)cc1[N+](=O)[O-]. The molecule has 0 saturated heterocycles. The molecule has 0 fully saturated rings. The number of benzene rings is 2. The lowest BCUT2D eigenvalue weighted by atomic mass is 10.1. The molecule has 0 heterocycles. The maximum Gasteiger partial charge on any atom is 0.273 e. The Hall–Kier alpha value is -2.89. The molecule has 0 radical (unpaired) electrons. The number of aromatic hydroxyl groups is 1.